The van der Waals surface area contributed by atoms with Crippen molar-refractivity contribution >= 4 is 38.1 Å². The Kier molecular flexibility index (Phi) is 5.75. The van der Waals surface area contributed by atoms with E-state index in [4.69, 9.17) is 11.6 Å². The minimum Gasteiger partial charge on any atom is -0.345 e. The molecule has 1 aromatic heterocycles. The largest absolute Gasteiger partial charge is 0.345 e. The Balaban J connectivity index is 1.47. The molecule has 2 aromatic carbocycles. The monoisotopic (exact) mass is 473 g/mol. The summed E-state index contributed by atoms with van der Waals surface area (Å²) in [6, 6.07) is 6.85. The second-order valence-corrected chi connectivity index (χ2v) is 9.76. The highest BCUT2D eigenvalue weighted by molar-refractivity contribution is 7.89. The first-order valence-corrected chi connectivity index (χ1v) is 11.6. The predicted octanol–water partition coefficient (Wildman–Crippen LogP) is 4.39. The van der Waals surface area contributed by atoms with Crippen molar-refractivity contribution in [3.8, 4) is 11.3 Å². The normalized spacial score (nSPS) is 15.5. The van der Waals surface area contributed by atoms with Gasteiger partial charge in [-0.25, -0.2) is 26.6 Å². The SMILES string of the molecule is O=S(=O)(c1ccc(F)cc1F)N1CCN(c2nc(-c3ccc(Cl)c(F)c3)cs2)CC1. The van der Waals surface area contributed by atoms with Gasteiger partial charge >= 0.3 is 0 Å². The summed E-state index contributed by atoms with van der Waals surface area (Å²) >= 11 is 7.07. The molecule has 11 heteroatoms. The van der Waals surface area contributed by atoms with Crippen LogP contribution in [0, 0.1) is 17.5 Å². The van der Waals surface area contributed by atoms with Crippen molar-refractivity contribution in [1.82, 2.24) is 9.29 Å². The Morgan fingerprint density at radius 3 is 2.37 bits per heavy atom. The Morgan fingerprint density at radius 1 is 0.967 bits per heavy atom. The molecule has 0 atom stereocenters. The number of sulfonamides is 1. The lowest BCUT2D eigenvalue weighted by molar-refractivity contribution is 0.382. The Bertz CT molecular complexity index is 1200. The van der Waals surface area contributed by atoms with Crippen molar-refractivity contribution in [2.75, 3.05) is 31.1 Å². The van der Waals surface area contributed by atoms with Gasteiger partial charge in [-0.2, -0.15) is 4.31 Å². The molecule has 30 heavy (non-hydrogen) atoms. The van der Waals surface area contributed by atoms with E-state index in [1.54, 1.807) is 11.4 Å². The maximum absolute atomic E-state index is 14.0. The average Bonchev–Trinajstić information content (AvgIpc) is 3.20. The lowest BCUT2D eigenvalue weighted by Gasteiger charge is -2.33. The number of halogens is 4. The van der Waals surface area contributed by atoms with Crippen LogP contribution < -0.4 is 4.90 Å². The predicted molar refractivity (Wildman–Crippen MR) is 110 cm³/mol. The standard InChI is InChI=1S/C19H15ClF3N3O2S2/c20-14-3-1-12(9-15(14)22)17-11-29-19(24-17)25-5-7-26(8-6-25)30(27,28)18-4-2-13(21)10-16(18)23/h1-4,9-11H,5-8H2. The van der Waals surface area contributed by atoms with Crippen LogP contribution in [0.4, 0.5) is 18.3 Å². The molecule has 1 fully saturated rings. The fourth-order valence-corrected chi connectivity index (χ4v) is 5.61. The minimum atomic E-state index is -4.07. The van der Waals surface area contributed by atoms with Gasteiger partial charge in [-0.05, 0) is 24.3 Å². The number of benzene rings is 2. The molecule has 0 bridgehead atoms. The lowest BCUT2D eigenvalue weighted by Crippen LogP contribution is -2.48. The molecule has 0 spiro atoms. The van der Waals surface area contributed by atoms with Crippen molar-refractivity contribution in [1.29, 1.82) is 0 Å². The molecule has 0 unspecified atom stereocenters. The highest BCUT2D eigenvalue weighted by Gasteiger charge is 2.31. The summed E-state index contributed by atoms with van der Waals surface area (Å²) in [5.41, 5.74) is 1.18. The van der Waals surface area contributed by atoms with Gasteiger partial charge in [-0.1, -0.05) is 17.7 Å². The minimum absolute atomic E-state index is 0.0316. The molecule has 0 amide bonds. The smallest absolute Gasteiger partial charge is 0.246 e. The Labute approximate surface area is 180 Å². The molecule has 0 radical (unpaired) electrons. The van der Waals surface area contributed by atoms with E-state index >= 15 is 0 Å². The molecule has 1 aliphatic rings. The van der Waals surface area contributed by atoms with E-state index in [2.05, 4.69) is 4.98 Å². The number of hydrogen-bond donors (Lipinski definition) is 0. The molecule has 0 aliphatic carbocycles. The molecule has 4 rings (SSSR count). The van der Waals surface area contributed by atoms with Crippen molar-refractivity contribution < 1.29 is 21.6 Å². The summed E-state index contributed by atoms with van der Waals surface area (Å²) in [4.78, 5) is 5.88. The van der Waals surface area contributed by atoms with Crippen LogP contribution >= 0.6 is 22.9 Å². The van der Waals surface area contributed by atoms with Gasteiger partial charge < -0.3 is 4.90 Å². The average molecular weight is 474 g/mol. The van der Waals surface area contributed by atoms with Gasteiger partial charge in [-0.15, -0.1) is 11.3 Å². The van der Waals surface area contributed by atoms with E-state index in [1.807, 2.05) is 4.90 Å². The Morgan fingerprint density at radius 2 is 1.70 bits per heavy atom. The van der Waals surface area contributed by atoms with Gasteiger partial charge in [0.25, 0.3) is 0 Å². The zero-order chi connectivity index (χ0) is 21.5. The van der Waals surface area contributed by atoms with Crippen LogP contribution in [0.5, 0.6) is 0 Å². The highest BCUT2D eigenvalue weighted by atomic mass is 35.5. The van der Waals surface area contributed by atoms with Gasteiger partial charge in [0.15, 0.2) is 5.13 Å². The maximum Gasteiger partial charge on any atom is 0.246 e. The number of rotatable bonds is 4. The van der Waals surface area contributed by atoms with Crippen molar-refractivity contribution in [2.45, 2.75) is 4.90 Å². The second kappa shape index (κ2) is 8.18. The van der Waals surface area contributed by atoms with Crippen LogP contribution in [0.15, 0.2) is 46.7 Å². The third-order valence-electron chi connectivity index (χ3n) is 4.73. The summed E-state index contributed by atoms with van der Waals surface area (Å²) in [5, 5.41) is 2.49. The van der Waals surface area contributed by atoms with Crippen LogP contribution in [0.25, 0.3) is 11.3 Å². The molecule has 158 valence electrons. The highest BCUT2D eigenvalue weighted by Crippen LogP contribution is 2.30. The van der Waals surface area contributed by atoms with Gasteiger partial charge in [0.05, 0.1) is 10.7 Å². The van der Waals surface area contributed by atoms with E-state index in [0.29, 0.717) is 35.5 Å². The van der Waals surface area contributed by atoms with E-state index in [9.17, 15) is 21.6 Å². The van der Waals surface area contributed by atoms with Crippen LogP contribution in [0.3, 0.4) is 0 Å². The molecule has 5 nitrogen and oxygen atoms in total. The third kappa shape index (κ3) is 4.04. The fourth-order valence-electron chi connectivity index (χ4n) is 3.14. The van der Waals surface area contributed by atoms with Crippen LogP contribution in [0.1, 0.15) is 0 Å². The zero-order valence-corrected chi connectivity index (χ0v) is 17.7. The summed E-state index contributed by atoms with van der Waals surface area (Å²) in [5.74, 6) is -2.48. The van der Waals surface area contributed by atoms with Crippen LogP contribution in [0.2, 0.25) is 5.02 Å². The van der Waals surface area contributed by atoms with E-state index in [-0.39, 0.29) is 18.1 Å². The first kappa shape index (κ1) is 21.1. The zero-order valence-electron chi connectivity index (χ0n) is 15.4. The van der Waals surface area contributed by atoms with Gasteiger partial charge in [0.1, 0.15) is 22.3 Å². The molecule has 1 aliphatic heterocycles. The maximum atomic E-state index is 14.0. The second-order valence-electron chi connectivity index (χ2n) is 6.61. The molecule has 0 N–H and O–H groups in total. The van der Waals surface area contributed by atoms with Crippen LogP contribution in [-0.4, -0.2) is 43.9 Å². The molecular weight excluding hydrogens is 459 g/mol. The first-order chi connectivity index (χ1) is 14.3. The van der Waals surface area contributed by atoms with Gasteiger partial charge in [-0.3, -0.25) is 0 Å². The Hall–Kier alpha value is -2.14. The number of anilines is 1. The number of nitrogens with zero attached hydrogens (tertiary/aromatic N) is 3. The number of piperazine rings is 1. The molecule has 3 aromatic rings. The summed E-state index contributed by atoms with van der Waals surface area (Å²) in [6.45, 7) is 0.960. The fraction of sp³-hybridized carbons (Fsp3) is 0.211. The first-order valence-electron chi connectivity index (χ1n) is 8.87. The number of aromatic nitrogens is 1. The quantitative estimate of drug-likeness (QED) is 0.564. The van der Waals surface area contributed by atoms with E-state index < -0.39 is 32.4 Å². The van der Waals surface area contributed by atoms with Crippen molar-refractivity contribution in [3.05, 3.63) is 64.3 Å². The molecule has 0 saturated carbocycles. The lowest BCUT2D eigenvalue weighted by atomic mass is 10.2. The van der Waals surface area contributed by atoms with E-state index in [0.717, 1.165) is 12.1 Å². The van der Waals surface area contributed by atoms with Crippen LogP contribution in [-0.2, 0) is 10.0 Å². The third-order valence-corrected chi connectivity index (χ3v) is 7.87. The number of thiazole rings is 1. The molecule has 2 heterocycles. The summed E-state index contributed by atoms with van der Waals surface area (Å²) in [7, 11) is -4.07. The number of hydrogen-bond acceptors (Lipinski definition) is 5. The topological polar surface area (TPSA) is 53.5 Å². The van der Waals surface area contributed by atoms with E-state index in [1.165, 1.54) is 27.8 Å². The van der Waals surface area contributed by atoms with Gasteiger partial charge in [0.2, 0.25) is 10.0 Å². The molecule has 1 saturated heterocycles. The van der Waals surface area contributed by atoms with Crippen molar-refractivity contribution in [2.24, 2.45) is 0 Å². The van der Waals surface area contributed by atoms with Crippen molar-refractivity contribution in [3.63, 3.8) is 0 Å². The van der Waals surface area contributed by atoms with Gasteiger partial charge in [0, 0.05) is 43.2 Å². The summed E-state index contributed by atoms with van der Waals surface area (Å²) < 4.78 is 67.3. The summed E-state index contributed by atoms with van der Waals surface area (Å²) in [6.07, 6.45) is 0. The molecular formula is C19H15ClF3N3O2S2.